The van der Waals surface area contributed by atoms with Gasteiger partial charge in [-0.1, -0.05) is 92.7 Å². The molecule has 0 radical (unpaired) electrons. The van der Waals surface area contributed by atoms with E-state index < -0.39 is 18.1 Å². The molecule has 2 aliphatic rings. The summed E-state index contributed by atoms with van der Waals surface area (Å²) in [6.45, 7) is 4.76. The van der Waals surface area contributed by atoms with E-state index in [9.17, 15) is 19.5 Å². The van der Waals surface area contributed by atoms with Crippen molar-refractivity contribution in [1.82, 2.24) is 15.1 Å². The van der Waals surface area contributed by atoms with Crippen molar-refractivity contribution in [2.24, 2.45) is 5.41 Å². The number of fused-ring (bicyclic) bond motifs is 4. The predicted octanol–water partition coefficient (Wildman–Crippen LogP) is 6.01. The highest BCUT2D eigenvalue weighted by Crippen LogP contribution is 2.44. The molecule has 2 aliphatic carbocycles. The van der Waals surface area contributed by atoms with E-state index >= 15 is 0 Å². The van der Waals surface area contributed by atoms with Gasteiger partial charge in [0.25, 0.3) is 0 Å². The normalized spacial score (nSPS) is 15.7. The first kappa shape index (κ1) is 28.4. The highest BCUT2D eigenvalue weighted by molar-refractivity contribution is 5.99. The zero-order valence-electron chi connectivity index (χ0n) is 24.4. The number of carboxylic acids is 1. The number of amides is 1. The van der Waals surface area contributed by atoms with Crippen LogP contribution < -0.4 is 5.32 Å². The molecule has 2 N–H and O–H groups in total. The fourth-order valence-corrected chi connectivity index (χ4v) is 6.47. The molecule has 8 heteroatoms. The third kappa shape index (κ3) is 5.82. The second-order valence-corrected chi connectivity index (χ2v) is 12.3. The minimum absolute atomic E-state index is 0.0249. The van der Waals surface area contributed by atoms with Gasteiger partial charge in [-0.15, -0.1) is 0 Å². The smallest absolute Gasteiger partial charge is 0.407 e. The Morgan fingerprint density at radius 3 is 2.26 bits per heavy atom. The number of nitrogens with zero attached hydrogens (tertiary/aromatic N) is 2. The number of nitrogens with one attached hydrogen (secondary N) is 1. The molecule has 3 aromatic carbocycles. The number of aromatic nitrogens is 2. The number of carbonyl (C=O) groups excluding carboxylic acids is 2. The van der Waals surface area contributed by atoms with E-state index in [1.807, 2.05) is 71.4 Å². The maximum Gasteiger partial charge on any atom is 0.407 e. The third-order valence-corrected chi connectivity index (χ3v) is 8.47. The summed E-state index contributed by atoms with van der Waals surface area (Å²) in [4.78, 5) is 38.3. The second kappa shape index (κ2) is 11.5. The third-order valence-electron chi connectivity index (χ3n) is 8.47. The topological polar surface area (TPSA) is 111 Å². The Bertz CT molecular complexity index is 1650. The van der Waals surface area contributed by atoms with Crippen LogP contribution in [0.2, 0.25) is 0 Å². The first-order valence-electron chi connectivity index (χ1n) is 14.7. The van der Waals surface area contributed by atoms with Crippen LogP contribution in [0, 0.1) is 5.41 Å². The van der Waals surface area contributed by atoms with E-state index in [0.717, 1.165) is 33.5 Å². The van der Waals surface area contributed by atoms with Crippen LogP contribution in [0.4, 0.5) is 4.79 Å². The van der Waals surface area contributed by atoms with Gasteiger partial charge in [0.15, 0.2) is 5.78 Å². The lowest BCUT2D eigenvalue weighted by atomic mass is 9.75. The Hall–Kier alpha value is -4.72. The molecular weight excluding hydrogens is 542 g/mol. The number of aliphatic carboxylic acids is 1. The molecule has 1 aromatic heterocycles. The number of ketones is 1. The highest BCUT2D eigenvalue weighted by Gasteiger charge is 2.37. The van der Waals surface area contributed by atoms with Gasteiger partial charge in [-0.05, 0) is 52.5 Å². The minimum atomic E-state index is -1.19. The summed E-state index contributed by atoms with van der Waals surface area (Å²) in [6.07, 6.45) is 0.629. The summed E-state index contributed by atoms with van der Waals surface area (Å²) in [5.41, 5.74) is 7.32. The van der Waals surface area contributed by atoms with Gasteiger partial charge in [0.1, 0.15) is 12.6 Å². The van der Waals surface area contributed by atoms with Crippen molar-refractivity contribution in [3.05, 3.63) is 113 Å². The SMILES string of the molecule is CC1(C)CC(=O)c2c(CC[C@H](NC(=O)OCC3c4ccccc4-c4ccccc43)C(=O)O)nn(Cc3ccccc3)c2C1. The van der Waals surface area contributed by atoms with E-state index in [2.05, 4.69) is 31.3 Å². The maximum absolute atomic E-state index is 13.3. The maximum atomic E-state index is 13.3. The molecule has 0 saturated heterocycles. The van der Waals surface area contributed by atoms with Crippen LogP contribution in [-0.4, -0.2) is 45.4 Å². The number of benzene rings is 3. The number of aryl methyl sites for hydroxylation is 1. The minimum Gasteiger partial charge on any atom is -0.480 e. The van der Waals surface area contributed by atoms with Crippen molar-refractivity contribution in [2.75, 3.05) is 6.61 Å². The van der Waals surface area contributed by atoms with Crippen LogP contribution in [0.1, 0.15) is 71.0 Å². The fourth-order valence-electron chi connectivity index (χ4n) is 6.47. The van der Waals surface area contributed by atoms with Crippen molar-refractivity contribution in [1.29, 1.82) is 0 Å². The summed E-state index contributed by atoms with van der Waals surface area (Å²) in [5, 5.41) is 17.3. The largest absolute Gasteiger partial charge is 0.480 e. The van der Waals surface area contributed by atoms with Gasteiger partial charge in [0.2, 0.25) is 0 Å². The van der Waals surface area contributed by atoms with Crippen LogP contribution in [0.3, 0.4) is 0 Å². The molecule has 0 fully saturated rings. The molecule has 6 rings (SSSR count). The lowest BCUT2D eigenvalue weighted by molar-refractivity contribution is -0.139. The average molecular weight is 578 g/mol. The quantitative estimate of drug-likeness (QED) is 0.252. The Labute approximate surface area is 250 Å². The number of carboxylic acid groups (broad SMARTS) is 1. The summed E-state index contributed by atoms with van der Waals surface area (Å²) in [5.74, 6) is -1.27. The molecule has 0 unspecified atom stereocenters. The first-order chi connectivity index (χ1) is 20.7. The molecule has 8 nitrogen and oxygen atoms in total. The summed E-state index contributed by atoms with van der Waals surface area (Å²) >= 11 is 0. The van der Waals surface area contributed by atoms with E-state index in [-0.39, 0.29) is 36.6 Å². The number of alkyl carbamates (subject to hydrolysis) is 1. The van der Waals surface area contributed by atoms with Crippen LogP contribution in [0.25, 0.3) is 11.1 Å². The standard InChI is InChI=1S/C35H35N3O5/c1-35(2)18-30-32(31(39)19-35)28(37-38(30)20-22-10-4-3-5-11-22)16-17-29(33(40)41)36-34(42)43-21-27-25-14-8-6-12-23(25)24-13-7-9-15-26(24)27/h3-15,27,29H,16-21H2,1-2H3,(H,36,42)(H,40,41)/t29-/m0/s1. The zero-order chi connectivity index (χ0) is 30.1. The lowest BCUT2D eigenvalue weighted by Gasteiger charge is -2.29. The highest BCUT2D eigenvalue weighted by atomic mass is 16.5. The molecule has 220 valence electrons. The monoisotopic (exact) mass is 577 g/mol. The van der Waals surface area contributed by atoms with Crippen molar-refractivity contribution in [3.63, 3.8) is 0 Å². The molecule has 0 aliphatic heterocycles. The van der Waals surface area contributed by atoms with E-state index in [1.165, 1.54) is 0 Å². The predicted molar refractivity (Wildman–Crippen MR) is 162 cm³/mol. The molecule has 0 spiro atoms. The summed E-state index contributed by atoms with van der Waals surface area (Å²) in [6, 6.07) is 24.8. The van der Waals surface area contributed by atoms with E-state index in [4.69, 9.17) is 9.84 Å². The lowest BCUT2D eigenvalue weighted by Crippen LogP contribution is -2.41. The number of ether oxygens (including phenoxy) is 1. The summed E-state index contributed by atoms with van der Waals surface area (Å²) < 4.78 is 7.47. The molecule has 1 heterocycles. The molecule has 43 heavy (non-hydrogen) atoms. The van der Waals surface area contributed by atoms with E-state index in [1.54, 1.807) is 0 Å². The molecule has 1 atom stereocenters. The van der Waals surface area contributed by atoms with Crippen molar-refractivity contribution in [2.45, 2.75) is 58.0 Å². The Morgan fingerprint density at radius 2 is 1.60 bits per heavy atom. The molecule has 1 amide bonds. The van der Waals surface area contributed by atoms with Gasteiger partial charge in [0, 0.05) is 12.3 Å². The van der Waals surface area contributed by atoms with Gasteiger partial charge in [-0.3, -0.25) is 9.48 Å². The average Bonchev–Trinajstić information content (AvgIpc) is 3.49. The summed E-state index contributed by atoms with van der Waals surface area (Å²) in [7, 11) is 0. The van der Waals surface area contributed by atoms with Gasteiger partial charge in [-0.2, -0.15) is 5.10 Å². The fraction of sp³-hybridized carbons (Fsp3) is 0.314. The molecule has 0 bridgehead atoms. The second-order valence-electron chi connectivity index (χ2n) is 12.3. The Kier molecular flexibility index (Phi) is 7.61. The molecule has 0 saturated carbocycles. The van der Waals surface area contributed by atoms with E-state index in [0.29, 0.717) is 30.6 Å². The van der Waals surface area contributed by atoms with Crippen molar-refractivity contribution in [3.8, 4) is 11.1 Å². The molecule has 4 aromatic rings. The van der Waals surface area contributed by atoms with Crippen LogP contribution in [0.5, 0.6) is 0 Å². The van der Waals surface area contributed by atoms with Crippen LogP contribution in [0.15, 0.2) is 78.9 Å². The zero-order valence-corrected chi connectivity index (χ0v) is 24.4. The number of rotatable bonds is 9. The first-order valence-corrected chi connectivity index (χ1v) is 14.7. The van der Waals surface area contributed by atoms with Crippen molar-refractivity contribution < 1.29 is 24.2 Å². The van der Waals surface area contributed by atoms with Gasteiger partial charge < -0.3 is 15.2 Å². The molecular formula is C35H35N3O5. The van der Waals surface area contributed by atoms with Gasteiger partial charge >= 0.3 is 12.1 Å². The Morgan fingerprint density at radius 1 is 0.977 bits per heavy atom. The number of Topliss-reactive ketones (excluding diaryl/α,β-unsaturated/α-hetero) is 1. The number of hydrogen-bond donors (Lipinski definition) is 2. The Balaban J connectivity index is 1.15. The number of carbonyl (C=O) groups is 3. The van der Waals surface area contributed by atoms with Gasteiger partial charge in [0.05, 0.1) is 23.5 Å². The van der Waals surface area contributed by atoms with Crippen molar-refractivity contribution >= 4 is 17.8 Å². The van der Waals surface area contributed by atoms with Crippen LogP contribution >= 0.6 is 0 Å². The van der Waals surface area contributed by atoms with Gasteiger partial charge in [-0.25, -0.2) is 9.59 Å². The van der Waals surface area contributed by atoms with Crippen LogP contribution in [-0.2, 0) is 28.9 Å². The number of hydrogen-bond acceptors (Lipinski definition) is 5.